The van der Waals surface area contributed by atoms with Gasteiger partial charge in [-0.25, -0.2) is 0 Å². The first-order valence-electron chi connectivity index (χ1n) is 6.26. The Hall–Kier alpha value is -1.98. The fourth-order valence-electron chi connectivity index (χ4n) is 2.26. The maximum atomic E-state index is 6.02. The Bertz CT molecular complexity index is 847. The Morgan fingerprint density at radius 3 is 2.33 bits per heavy atom. The Morgan fingerprint density at radius 1 is 1.05 bits per heavy atom. The van der Waals surface area contributed by atoms with E-state index in [2.05, 4.69) is 4.98 Å². The first-order chi connectivity index (χ1) is 10.1. The highest BCUT2D eigenvalue weighted by Gasteiger charge is 2.10. The molecule has 3 rings (SSSR count). The fourth-order valence-corrected chi connectivity index (χ4v) is 2.75. The number of nitrogens with zero attached hydrogens (tertiary/aromatic N) is 1. The maximum absolute atomic E-state index is 6.02. The van der Waals surface area contributed by atoms with Crippen molar-refractivity contribution < 1.29 is 9.47 Å². The predicted molar refractivity (Wildman–Crippen MR) is 86.6 cm³/mol. The van der Waals surface area contributed by atoms with Crippen molar-refractivity contribution in [3.63, 3.8) is 0 Å². The summed E-state index contributed by atoms with van der Waals surface area (Å²) in [6, 6.07) is 11.2. The minimum absolute atomic E-state index is 0.586. The third-order valence-electron chi connectivity index (χ3n) is 3.24. The summed E-state index contributed by atoms with van der Waals surface area (Å²) in [4.78, 5) is 3.15. The van der Waals surface area contributed by atoms with Crippen LogP contribution < -0.4 is 9.47 Å². The van der Waals surface area contributed by atoms with Crippen LogP contribution in [0.2, 0.25) is 5.02 Å². The van der Waals surface area contributed by atoms with Gasteiger partial charge in [-0.05, 0) is 30.4 Å². The van der Waals surface area contributed by atoms with Gasteiger partial charge in [0.05, 0.1) is 30.9 Å². The monoisotopic (exact) mass is 320 g/mol. The highest BCUT2D eigenvalue weighted by molar-refractivity contribution is 7.71. The van der Waals surface area contributed by atoms with Crippen molar-refractivity contribution in [3.8, 4) is 17.2 Å². The van der Waals surface area contributed by atoms with E-state index in [0.29, 0.717) is 21.3 Å². The molecule has 21 heavy (non-hydrogen) atoms. The number of imidazole rings is 1. The Morgan fingerprint density at radius 2 is 1.71 bits per heavy atom. The summed E-state index contributed by atoms with van der Waals surface area (Å²) in [6.07, 6.45) is 0. The molecule has 2 aromatic carbocycles. The Kier molecular flexibility index (Phi) is 3.61. The van der Waals surface area contributed by atoms with Crippen LogP contribution in [0.1, 0.15) is 0 Å². The molecule has 4 nitrogen and oxygen atoms in total. The van der Waals surface area contributed by atoms with Crippen LogP contribution in [-0.4, -0.2) is 23.8 Å². The number of hydrogen-bond acceptors (Lipinski definition) is 3. The van der Waals surface area contributed by atoms with E-state index in [-0.39, 0.29) is 0 Å². The number of ether oxygens (including phenoxy) is 2. The van der Waals surface area contributed by atoms with E-state index in [1.54, 1.807) is 14.2 Å². The third-order valence-corrected chi connectivity index (χ3v) is 3.76. The highest BCUT2D eigenvalue weighted by atomic mass is 35.5. The molecule has 1 heterocycles. The van der Waals surface area contributed by atoms with Crippen LogP contribution in [0.3, 0.4) is 0 Å². The predicted octanol–water partition coefficient (Wildman–Crippen LogP) is 4.36. The van der Waals surface area contributed by atoms with Gasteiger partial charge in [0.1, 0.15) is 11.5 Å². The molecule has 0 aliphatic rings. The smallest absolute Gasteiger partial charge is 0.182 e. The third kappa shape index (κ3) is 2.50. The van der Waals surface area contributed by atoms with Crippen molar-refractivity contribution in [1.82, 2.24) is 9.55 Å². The molecular weight excluding hydrogens is 308 g/mol. The molecule has 3 aromatic rings. The average Bonchev–Trinajstić information content (AvgIpc) is 2.81. The number of hydrogen-bond donors (Lipinski definition) is 1. The lowest BCUT2D eigenvalue weighted by atomic mass is 10.2. The van der Waals surface area contributed by atoms with E-state index in [0.717, 1.165) is 16.7 Å². The number of aromatic amines is 1. The second kappa shape index (κ2) is 5.42. The van der Waals surface area contributed by atoms with Crippen molar-refractivity contribution in [3.05, 3.63) is 46.2 Å². The lowest BCUT2D eigenvalue weighted by Crippen LogP contribution is -1.96. The number of aromatic nitrogens is 2. The van der Waals surface area contributed by atoms with Gasteiger partial charge in [-0.15, -0.1) is 0 Å². The van der Waals surface area contributed by atoms with Crippen LogP contribution in [0.15, 0.2) is 36.4 Å². The van der Waals surface area contributed by atoms with E-state index >= 15 is 0 Å². The van der Waals surface area contributed by atoms with Gasteiger partial charge in [-0.3, -0.25) is 4.57 Å². The molecule has 1 aromatic heterocycles. The van der Waals surface area contributed by atoms with Gasteiger partial charge in [0.15, 0.2) is 4.77 Å². The Labute approximate surface area is 131 Å². The quantitative estimate of drug-likeness (QED) is 0.729. The SMILES string of the molecule is COc1cc(OC)cc(-n2c(=S)[nH]c3cc(Cl)ccc32)c1. The molecule has 0 saturated carbocycles. The van der Waals surface area contributed by atoms with Gasteiger partial charge in [0.2, 0.25) is 0 Å². The van der Waals surface area contributed by atoms with Crippen LogP contribution in [0.5, 0.6) is 11.5 Å². The number of methoxy groups -OCH3 is 2. The first-order valence-corrected chi connectivity index (χ1v) is 7.04. The minimum atomic E-state index is 0.586. The molecule has 0 amide bonds. The van der Waals surface area contributed by atoms with E-state index in [1.807, 2.05) is 41.0 Å². The van der Waals surface area contributed by atoms with Gasteiger partial charge in [-0.1, -0.05) is 11.6 Å². The van der Waals surface area contributed by atoms with Gasteiger partial charge in [-0.2, -0.15) is 0 Å². The number of rotatable bonds is 3. The standard InChI is InChI=1S/C15H13ClN2O2S/c1-19-11-6-10(7-12(8-11)20-2)18-14-4-3-9(16)5-13(14)17-15(18)21/h3-8H,1-2H3,(H,17,21). The number of benzene rings is 2. The number of H-pyrrole nitrogens is 1. The zero-order chi connectivity index (χ0) is 15.0. The minimum Gasteiger partial charge on any atom is -0.497 e. The molecule has 1 N–H and O–H groups in total. The summed E-state index contributed by atoms with van der Waals surface area (Å²) < 4.78 is 13.1. The van der Waals surface area contributed by atoms with Crippen molar-refractivity contribution in [2.75, 3.05) is 14.2 Å². The summed E-state index contributed by atoms with van der Waals surface area (Å²) in [6.45, 7) is 0. The second-order valence-corrected chi connectivity index (χ2v) is 5.32. The van der Waals surface area contributed by atoms with Crippen LogP contribution in [-0.2, 0) is 0 Å². The number of halogens is 1. The van der Waals surface area contributed by atoms with E-state index in [4.69, 9.17) is 33.3 Å². The summed E-state index contributed by atoms with van der Waals surface area (Å²) in [5, 5.41) is 0.661. The van der Waals surface area contributed by atoms with Gasteiger partial charge >= 0.3 is 0 Å². The molecular formula is C15H13ClN2O2S. The molecule has 0 aliphatic heterocycles. The molecule has 0 bridgehead atoms. The van der Waals surface area contributed by atoms with Gasteiger partial charge < -0.3 is 14.5 Å². The first kappa shape index (κ1) is 14.0. The van der Waals surface area contributed by atoms with Crippen molar-refractivity contribution in [2.24, 2.45) is 0 Å². The largest absolute Gasteiger partial charge is 0.497 e. The number of fused-ring (bicyclic) bond motifs is 1. The van der Waals surface area contributed by atoms with Gasteiger partial charge in [0.25, 0.3) is 0 Å². The Balaban J connectivity index is 2.29. The van der Waals surface area contributed by atoms with Crippen molar-refractivity contribution >= 4 is 34.9 Å². The molecule has 0 aliphatic carbocycles. The summed E-state index contributed by atoms with van der Waals surface area (Å²) in [5.74, 6) is 1.41. The molecule has 0 spiro atoms. The highest BCUT2D eigenvalue weighted by Crippen LogP contribution is 2.28. The van der Waals surface area contributed by atoms with Gasteiger partial charge in [0, 0.05) is 23.2 Å². The van der Waals surface area contributed by atoms with E-state index in [9.17, 15) is 0 Å². The zero-order valence-corrected chi connectivity index (χ0v) is 13.1. The summed E-state index contributed by atoms with van der Waals surface area (Å²) in [5.41, 5.74) is 2.69. The van der Waals surface area contributed by atoms with Crippen molar-refractivity contribution in [2.45, 2.75) is 0 Å². The van der Waals surface area contributed by atoms with Crippen LogP contribution in [0.25, 0.3) is 16.7 Å². The number of nitrogens with one attached hydrogen (secondary N) is 1. The van der Waals surface area contributed by atoms with E-state index in [1.165, 1.54) is 0 Å². The van der Waals surface area contributed by atoms with Crippen LogP contribution in [0.4, 0.5) is 0 Å². The lowest BCUT2D eigenvalue weighted by molar-refractivity contribution is 0.394. The summed E-state index contributed by atoms with van der Waals surface area (Å²) in [7, 11) is 3.24. The lowest BCUT2D eigenvalue weighted by Gasteiger charge is -2.10. The van der Waals surface area contributed by atoms with Crippen molar-refractivity contribution in [1.29, 1.82) is 0 Å². The molecule has 0 atom stereocenters. The summed E-state index contributed by atoms with van der Waals surface area (Å²) >= 11 is 11.4. The fraction of sp³-hybridized carbons (Fsp3) is 0.133. The van der Waals surface area contributed by atoms with E-state index < -0.39 is 0 Å². The zero-order valence-electron chi connectivity index (χ0n) is 11.5. The maximum Gasteiger partial charge on any atom is 0.182 e. The second-order valence-electron chi connectivity index (χ2n) is 4.50. The molecule has 0 saturated heterocycles. The van der Waals surface area contributed by atoms with Crippen LogP contribution in [0, 0.1) is 4.77 Å². The molecule has 108 valence electrons. The average molecular weight is 321 g/mol. The normalized spacial score (nSPS) is 10.8. The molecule has 6 heteroatoms. The topological polar surface area (TPSA) is 39.2 Å². The molecule has 0 fully saturated rings. The van der Waals surface area contributed by atoms with Crippen LogP contribution >= 0.6 is 23.8 Å². The molecule has 0 unspecified atom stereocenters. The molecule has 0 radical (unpaired) electrons.